The van der Waals surface area contributed by atoms with E-state index >= 15 is 0 Å². The van der Waals surface area contributed by atoms with Gasteiger partial charge in [0.15, 0.2) is 0 Å². The lowest BCUT2D eigenvalue weighted by Crippen LogP contribution is -2.56. The van der Waals surface area contributed by atoms with Crippen molar-refractivity contribution in [1.29, 1.82) is 0 Å². The molecule has 2 aromatic rings. The maximum absolute atomic E-state index is 13.1. The van der Waals surface area contributed by atoms with Crippen LogP contribution in [0.2, 0.25) is 0 Å². The molecule has 0 bridgehead atoms. The highest BCUT2D eigenvalue weighted by molar-refractivity contribution is 5.76. The lowest BCUT2D eigenvalue weighted by Gasteiger charge is -2.43. The van der Waals surface area contributed by atoms with E-state index in [4.69, 9.17) is 0 Å². The lowest BCUT2D eigenvalue weighted by molar-refractivity contribution is -0.163. The summed E-state index contributed by atoms with van der Waals surface area (Å²) in [5.74, 6) is -1.39. The topological polar surface area (TPSA) is 78.6 Å². The molecule has 26 heavy (non-hydrogen) atoms. The second-order valence-corrected chi connectivity index (χ2v) is 6.98. The van der Waals surface area contributed by atoms with Crippen molar-refractivity contribution in [1.82, 2.24) is 14.7 Å². The number of aromatic nitrogens is 2. The summed E-state index contributed by atoms with van der Waals surface area (Å²) >= 11 is 0. The number of aryl methyl sites for hydroxylation is 1. The average molecular weight is 361 g/mol. The Morgan fingerprint density at radius 3 is 2.69 bits per heavy atom. The summed E-state index contributed by atoms with van der Waals surface area (Å²) in [6.45, 7) is 4.23. The minimum Gasteiger partial charge on any atom is -0.481 e. The molecule has 6 nitrogen and oxygen atoms in total. The van der Waals surface area contributed by atoms with Gasteiger partial charge in [-0.25, -0.2) is 4.39 Å². The summed E-state index contributed by atoms with van der Waals surface area (Å²) < 4.78 is 15.0. The maximum atomic E-state index is 13.1. The number of aliphatic hydroxyl groups excluding tert-OH is 1. The maximum Gasteiger partial charge on any atom is 0.313 e. The molecule has 0 saturated carbocycles. The van der Waals surface area contributed by atoms with Gasteiger partial charge in [0.05, 0.1) is 12.3 Å². The number of halogens is 1. The van der Waals surface area contributed by atoms with Crippen molar-refractivity contribution in [2.24, 2.45) is 5.41 Å². The Bertz CT molecular complexity index is 762. The van der Waals surface area contributed by atoms with Gasteiger partial charge in [-0.05, 0) is 37.5 Å². The fourth-order valence-electron chi connectivity index (χ4n) is 3.64. The van der Waals surface area contributed by atoms with Crippen LogP contribution in [-0.4, -0.2) is 50.1 Å². The first kappa shape index (κ1) is 18.5. The van der Waals surface area contributed by atoms with Gasteiger partial charge in [0.2, 0.25) is 0 Å². The molecule has 1 aromatic heterocycles. The highest BCUT2D eigenvalue weighted by atomic mass is 19.1. The monoisotopic (exact) mass is 361 g/mol. The molecule has 0 aliphatic carbocycles. The molecule has 140 valence electrons. The van der Waals surface area contributed by atoms with Crippen molar-refractivity contribution in [3.05, 3.63) is 53.6 Å². The van der Waals surface area contributed by atoms with Crippen LogP contribution in [-0.2, 0) is 24.3 Å². The van der Waals surface area contributed by atoms with Crippen LogP contribution in [0, 0.1) is 11.2 Å². The molecule has 1 aromatic carbocycles. The number of carboxylic acids is 1. The number of carbonyl (C=O) groups is 1. The summed E-state index contributed by atoms with van der Waals surface area (Å²) in [5, 5.41) is 24.7. The molecule has 1 fully saturated rings. The number of benzene rings is 1. The summed E-state index contributed by atoms with van der Waals surface area (Å²) in [6, 6.07) is 5.79. The van der Waals surface area contributed by atoms with Crippen LogP contribution in [0.15, 0.2) is 36.7 Å². The molecule has 2 N–H and O–H groups in total. The number of carboxylic acid groups (broad SMARTS) is 1. The highest BCUT2D eigenvalue weighted by Gasteiger charge is 2.49. The molecule has 7 heteroatoms. The predicted octanol–water partition coefficient (Wildman–Crippen LogP) is 1.92. The third-order valence-corrected chi connectivity index (χ3v) is 5.14. The van der Waals surface area contributed by atoms with Gasteiger partial charge in [-0.2, -0.15) is 5.10 Å². The largest absolute Gasteiger partial charge is 0.481 e. The average Bonchev–Trinajstić information content (AvgIpc) is 3.07. The molecule has 0 amide bonds. The van der Waals surface area contributed by atoms with Gasteiger partial charge in [0, 0.05) is 37.9 Å². The zero-order valence-electron chi connectivity index (χ0n) is 14.8. The van der Waals surface area contributed by atoms with E-state index in [0.29, 0.717) is 25.1 Å². The first-order valence-corrected chi connectivity index (χ1v) is 8.82. The smallest absolute Gasteiger partial charge is 0.313 e. The van der Waals surface area contributed by atoms with E-state index in [9.17, 15) is 19.4 Å². The Hall–Kier alpha value is -2.25. The Morgan fingerprint density at radius 1 is 1.35 bits per heavy atom. The number of hydrogen-bond acceptors (Lipinski definition) is 4. The van der Waals surface area contributed by atoms with Gasteiger partial charge >= 0.3 is 5.97 Å². The van der Waals surface area contributed by atoms with E-state index in [1.807, 2.05) is 22.7 Å². The molecule has 2 heterocycles. The Balaban J connectivity index is 1.80. The van der Waals surface area contributed by atoms with Crippen LogP contribution in [0.25, 0.3) is 0 Å². The number of aliphatic hydroxyl groups is 1. The van der Waals surface area contributed by atoms with E-state index in [2.05, 4.69) is 5.10 Å². The van der Waals surface area contributed by atoms with Crippen molar-refractivity contribution >= 4 is 5.97 Å². The quantitative estimate of drug-likeness (QED) is 0.822. The van der Waals surface area contributed by atoms with E-state index < -0.39 is 17.5 Å². The van der Waals surface area contributed by atoms with E-state index in [1.54, 1.807) is 18.3 Å². The second-order valence-electron chi connectivity index (χ2n) is 6.98. The molecule has 0 spiro atoms. The molecule has 3 rings (SSSR count). The van der Waals surface area contributed by atoms with Crippen LogP contribution in [0.4, 0.5) is 4.39 Å². The van der Waals surface area contributed by atoms with Gasteiger partial charge in [-0.1, -0.05) is 12.1 Å². The normalized spacial score (nSPS) is 23.9. The van der Waals surface area contributed by atoms with Crippen LogP contribution in [0.5, 0.6) is 0 Å². The van der Waals surface area contributed by atoms with Crippen molar-refractivity contribution in [3.8, 4) is 0 Å². The molecule has 1 saturated heterocycles. The zero-order chi connectivity index (χ0) is 18.7. The van der Waals surface area contributed by atoms with Gasteiger partial charge in [-0.3, -0.25) is 14.4 Å². The minimum absolute atomic E-state index is 0.161. The van der Waals surface area contributed by atoms with Crippen LogP contribution >= 0.6 is 0 Å². The fourth-order valence-corrected chi connectivity index (χ4v) is 3.64. The van der Waals surface area contributed by atoms with Gasteiger partial charge in [0.1, 0.15) is 11.2 Å². The first-order chi connectivity index (χ1) is 12.4. The number of hydrogen-bond donors (Lipinski definition) is 2. The van der Waals surface area contributed by atoms with Gasteiger partial charge in [-0.15, -0.1) is 0 Å². The summed E-state index contributed by atoms with van der Waals surface area (Å²) in [7, 11) is 0. The Labute approximate surface area is 151 Å². The van der Waals surface area contributed by atoms with Crippen LogP contribution in [0.3, 0.4) is 0 Å². The van der Waals surface area contributed by atoms with E-state index in [-0.39, 0.29) is 18.8 Å². The zero-order valence-corrected chi connectivity index (χ0v) is 14.8. The predicted molar refractivity (Wildman–Crippen MR) is 94.0 cm³/mol. The fraction of sp³-hybridized carbons (Fsp3) is 0.474. The van der Waals surface area contributed by atoms with Gasteiger partial charge < -0.3 is 10.2 Å². The number of rotatable bonds is 6. The Morgan fingerprint density at radius 2 is 2.08 bits per heavy atom. The summed E-state index contributed by atoms with van der Waals surface area (Å²) in [5.41, 5.74) is 0.411. The standard InChI is InChI=1S/C19H24FN3O3/c1-2-23-12-15(10-21-23)11-22-8-7-17(24)19(13-22,18(25)26)9-14-3-5-16(20)6-4-14/h3-6,10,12,17,24H,2,7-9,11,13H2,1H3,(H,25,26)/t17-,19-/m1/s1. The first-order valence-electron chi connectivity index (χ1n) is 8.82. The van der Waals surface area contributed by atoms with Crippen molar-refractivity contribution in [2.45, 2.75) is 39.0 Å². The molecule has 1 aliphatic heterocycles. The number of likely N-dealkylation sites (tertiary alicyclic amines) is 1. The van der Waals surface area contributed by atoms with Crippen LogP contribution < -0.4 is 0 Å². The Kier molecular flexibility index (Phi) is 5.38. The van der Waals surface area contributed by atoms with Gasteiger partial charge in [0.25, 0.3) is 0 Å². The molecule has 0 unspecified atom stereocenters. The molecule has 1 aliphatic rings. The van der Waals surface area contributed by atoms with E-state index in [0.717, 1.165) is 12.1 Å². The number of aliphatic carboxylic acids is 1. The summed E-state index contributed by atoms with van der Waals surface area (Å²) in [6.07, 6.45) is 3.34. The molecular weight excluding hydrogens is 337 g/mol. The van der Waals surface area contributed by atoms with Crippen molar-refractivity contribution < 1.29 is 19.4 Å². The number of piperidine rings is 1. The third-order valence-electron chi connectivity index (χ3n) is 5.14. The van der Waals surface area contributed by atoms with Crippen molar-refractivity contribution in [2.75, 3.05) is 13.1 Å². The minimum atomic E-state index is -1.31. The second kappa shape index (κ2) is 7.55. The number of nitrogens with zero attached hydrogens (tertiary/aromatic N) is 3. The molecule has 0 radical (unpaired) electrons. The van der Waals surface area contributed by atoms with E-state index in [1.165, 1.54) is 12.1 Å². The lowest BCUT2D eigenvalue weighted by atomic mass is 9.73. The third kappa shape index (κ3) is 3.78. The van der Waals surface area contributed by atoms with Crippen LogP contribution in [0.1, 0.15) is 24.5 Å². The summed E-state index contributed by atoms with van der Waals surface area (Å²) in [4.78, 5) is 14.2. The van der Waals surface area contributed by atoms with Crippen molar-refractivity contribution in [3.63, 3.8) is 0 Å². The molecule has 2 atom stereocenters. The highest BCUT2D eigenvalue weighted by Crippen LogP contribution is 2.35. The molecular formula is C19H24FN3O3. The SMILES string of the molecule is CCn1cc(CN2CC[C@@H](O)[C@](Cc3ccc(F)cc3)(C(=O)O)C2)cn1.